The molecule has 0 radical (unpaired) electrons. The summed E-state index contributed by atoms with van der Waals surface area (Å²) in [5, 5.41) is 6.29. The van der Waals surface area contributed by atoms with Gasteiger partial charge in [0.15, 0.2) is 0 Å². The summed E-state index contributed by atoms with van der Waals surface area (Å²) in [6.45, 7) is 3.03. The summed E-state index contributed by atoms with van der Waals surface area (Å²) in [6, 6.07) is 18.0. The number of benzene rings is 2. The van der Waals surface area contributed by atoms with Crippen LogP contribution in [0.25, 0.3) is 0 Å². The smallest absolute Gasteiger partial charge is 0.227 e. The Morgan fingerprint density at radius 1 is 0.958 bits per heavy atom. The van der Waals surface area contributed by atoms with E-state index < -0.39 is 0 Å². The number of nitrogens with one attached hydrogen (secondary N) is 2. The molecule has 24 heavy (non-hydrogen) atoms. The van der Waals surface area contributed by atoms with Gasteiger partial charge in [-0.3, -0.25) is 4.79 Å². The van der Waals surface area contributed by atoms with Crippen molar-refractivity contribution in [3.05, 3.63) is 65.7 Å². The van der Waals surface area contributed by atoms with Gasteiger partial charge in [0.1, 0.15) is 0 Å². The zero-order valence-corrected chi connectivity index (χ0v) is 13.8. The highest BCUT2D eigenvalue weighted by Gasteiger charge is 2.20. The van der Waals surface area contributed by atoms with Crippen molar-refractivity contribution in [3.8, 4) is 0 Å². The molecule has 0 unspecified atom stereocenters. The van der Waals surface area contributed by atoms with Crippen LogP contribution in [0, 0.1) is 5.92 Å². The van der Waals surface area contributed by atoms with Crippen molar-refractivity contribution < 1.29 is 9.53 Å². The molecular weight excluding hydrogens is 300 g/mol. The van der Waals surface area contributed by atoms with E-state index in [2.05, 4.69) is 22.8 Å². The van der Waals surface area contributed by atoms with Gasteiger partial charge < -0.3 is 15.4 Å². The van der Waals surface area contributed by atoms with Crippen LogP contribution in [0.3, 0.4) is 0 Å². The van der Waals surface area contributed by atoms with Gasteiger partial charge in [-0.05, 0) is 49.2 Å². The highest BCUT2D eigenvalue weighted by atomic mass is 16.5. The molecule has 1 amide bonds. The predicted molar refractivity (Wildman–Crippen MR) is 95.6 cm³/mol. The lowest BCUT2D eigenvalue weighted by Gasteiger charge is -2.21. The zero-order valence-electron chi connectivity index (χ0n) is 13.8. The maximum Gasteiger partial charge on any atom is 0.227 e. The van der Waals surface area contributed by atoms with E-state index in [1.165, 1.54) is 5.56 Å². The summed E-state index contributed by atoms with van der Waals surface area (Å²) in [6.07, 6.45) is 1.83. The largest absolute Gasteiger partial charge is 0.372 e. The van der Waals surface area contributed by atoms with Crippen molar-refractivity contribution in [1.29, 1.82) is 0 Å². The van der Waals surface area contributed by atoms with Crippen LogP contribution in [0.4, 0.5) is 5.69 Å². The number of hydrogen-bond donors (Lipinski definition) is 2. The minimum Gasteiger partial charge on any atom is -0.372 e. The van der Waals surface area contributed by atoms with Gasteiger partial charge >= 0.3 is 0 Å². The van der Waals surface area contributed by atoms with Crippen LogP contribution in [0.1, 0.15) is 24.0 Å². The Labute approximate surface area is 143 Å². The molecule has 2 aromatic rings. The van der Waals surface area contributed by atoms with E-state index in [4.69, 9.17) is 4.74 Å². The molecule has 1 saturated heterocycles. The Morgan fingerprint density at radius 3 is 2.25 bits per heavy atom. The molecule has 126 valence electrons. The highest BCUT2D eigenvalue weighted by Crippen LogP contribution is 2.16. The van der Waals surface area contributed by atoms with Crippen LogP contribution in [0.15, 0.2) is 54.6 Å². The van der Waals surface area contributed by atoms with Gasteiger partial charge in [0.2, 0.25) is 5.91 Å². The zero-order chi connectivity index (χ0) is 16.6. The summed E-state index contributed by atoms with van der Waals surface area (Å²) in [4.78, 5) is 12.2. The van der Waals surface area contributed by atoms with Gasteiger partial charge in [-0.1, -0.05) is 42.5 Å². The minimum atomic E-state index is 0.125. The lowest BCUT2D eigenvalue weighted by atomic mass is 9.97. The quantitative estimate of drug-likeness (QED) is 0.857. The van der Waals surface area contributed by atoms with Crippen molar-refractivity contribution in [3.63, 3.8) is 0 Å². The molecule has 0 saturated carbocycles. The first-order valence-corrected chi connectivity index (χ1v) is 8.53. The Bertz CT molecular complexity index is 634. The van der Waals surface area contributed by atoms with Crippen LogP contribution in [-0.4, -0.2) is 19.0 Å². The van der Waals surface area contributed by atoms with Gasteiger partial charge in [0.05, 0.1) is 13.2 Å². The first-order valence-electron chi connectivity index (χ1n) is 8.53. The highest BCUT2D eigenvalue weighted by molar-refractivity contribution is 5.92. The molecule has 1 aliphatic rings. The molecular formula is C20H24N2O2. The van der Waals surface area contributed by atoms with Gasteiger partial charge in [-0.15, -0.1) is 0 Å². The molecule has 1 heterocycles. The molecule has 4 nitrogen and oxygen atoms in total. The summed E-state index contributed by atoms with van der Waals surface area (Å²) < 4.78 is 5.73. The maximum atomic E-state index is 12.2. The summed E-state index contributed by atoms with van der Waals surface area (Å²) in [5.41, 5.74) is 3.12. The second-order valence-electron chi connectivity index (χ2n) is 6.19. The van der Waals surface area contributed by atoms with Gasteiger partial charge in [-0.2, -0.15) is 0 Å². The average molecular weight is 324 g/mol. The maximum absolute atomic E-state index is 12.2. The van der Waals surface area contributed by atoms with Crippen molar-refractivity contribution >= 4 is 11.6 Å². The Kier molecular flexibility index (Phi) is 5.99. The van der Waals surface area contributed by atoms with Crippen LogP contribution in [0.2, 0.25) is 0 Å². The second-order valence-corrected chi connectivity index (χ2v) is 6.19. The lowest BCUT2D eigenvalue weighted by molar-refractivity contribution is -0.120. The summed E-state index contributed by atoms with van der Waals surface area (Å²) in [5.74, 6) is 0.254. The van der Waals surface area contributed by atoms with E-state index >= 15 is 0 Å². The molecule has 0 aromatic heterocycles. The third kappa shape index (κ3) is 4.91. The predicted octanol–water partition coefficient (Wildman–Crippen LogP) is 3.34. The standard InChI is InChI=1S/C20H24N2O2/c23-20(18-10-12-21-13-11-18)22-19-8-6-17(7-9-19)15-24-14-16-4-2-1-3-5-16/h1-9,18,21H,10-15H2,(H,22,23). The number of amides is 1. The van der Waals surface area contributed by atoms with Crippen LogP contribution < -0.4 is 10.6 Å². The first kappa shape index (κ1) is 16.7. The molecule has 1 aliphatic heterocycles. The lowest BCUT2D eigenvalue weighted by Crippen LogP contribution is -2.34. The summed E-state index contributed by atoms with van der Waals surface area (Å²) in [7, 11) is 0. The third-order valence-corrected chi connectivity index (χ3v) is 4.31. The van der Waals surface area contributed by atoms with Gasteiger partial charge in [0, 0.05) is 11.6 Å². The number of piperidine rings is 1. The third-order valence-electron chi connectivity index (χ3n) is 4.31. The van der Waals surface area contributed by atoms with Crippen molar-refractivity contribution in [1.82, 2.24) is 5.32 Å². The molecule has 4 heteroatoms. The van der Waals surface area contributed by atoms with Gasteiger partial charge in [-0.25, -0.2) is 0 Å². The summed E-state index contributed by atoms with van der Waals surface area (Å²) >= 11 is 0. The van der Waals surface area contributed by atoms with E-state index in [0.29, 0.717) is 13.2 Å². The minimum absolute atomic E-state index is 0.125. The number of anilines is 1. The van der Waals surface area contributed by atoms with Crippen molar-refractivity contribution in [2.75, 3.05) is 18.4 Å². The molecule has 3 rings (SSSR count). The Morgan fingerprint density at radius 2 is 1.58 bits per heavy atom. The van der Waals surface area contributed by atoms with E-state index in [1.54, 1.807) is 0 Å². The molecule has 0 spiro atoms. The van der Waals surface area contributed by atoms with Crippen LogP contribution in [0.5, 0.6) is 0 Å². The number of carbonyl (C=O) groups is 1. The molecule has 2 aromatic carbocycles. The number of rotatable bonds is 6. The number of hydrogen-bond acceptors (Lipinski definition) is 3. The fourth-order valence-electron chi connectivity index (χ4n) is 2.87. The average Bonchev–Trinajstić information content (AvgIpc) is 2.65. The first-order chi connectivity index (χ1) is 11.8. The number of ether oxygens (including phenoxy) is 1. The number of carbonyl (C=O) groups excluding carboxylic acids is 1. The van der Waals surface area contributed by atoms with Gasteiger partial charge in [0.25, 0.3) is 0 Å². The van der Waals surface area contributed by atoms with Crippen LogP contribution in [-0.2, 0) is 22.7 Å². The Hall–Kier alpha value is -2.17. The molecule has 0 bridgehead atoms. The van der Waals surface area contributed by atoms with E-state index in [0.717, 1.165) is 37.2 Å². The molecule has 2 N–H and O–H groups in total. The normalized spacial score (nSPS) is 15.2. The fraction of sp³-hybridized carbons (Fsp3) is 0.350. The fourth-order valence-corrected chi connectivity index (χ4v) is 2.87. The molecule has 0 aliphatic carbocycles. The van der Waals surface area contributed by atoms with Crippen molar-refractivity contribution in [2.24, 2.45) is 5.92 Å². The molecule has 0 atom stereocenters. The van der Waals surface area contributed by atoms with E-state index in [1.807, 2.05) is 42.5 Å². The van der Waals surface area contributed by atoms with E-state index in [9.17, 15) is 4.79 Å². The van der Waals surface area contributed by atoms with E-state index in [-0.39, 0.29) is 11.8 Å². The monoisotopic (exact) mass is 324 g/mol. The second kappa shape index (κ2) is 8.62. The SMILES string of the molecule is O=C(Nc1ccc(COCc2ccccc2)cc1)C1CCNCC1. The van der Waals surface area contributed by atoms with Crippen LogP contribution >= 0.6 is 0 Å². The topological polar surface area (TPSA) is 50.4 Å². The Balaban J connectivity index is 1.45. The van der Waals surface area contributed by atoms with Crippen molar-refractivity contribution in [2.45, 2.75) is 26.1 Å². The molecule has 1 fully saturated rings.